The van der Waals surface area contributed by atoms with Crippen molar-refractivity contribution < 1.29 is 28.9 Å². The van der Waals surface area contributed by atoms with Crippen LogP contribution in [-0.4, -0.2) is 37.9 Å². The lowest BCUT2D eigenvalue weighted by Crippen LogP contribution is -2.24. The molecule has 0 aliphatic heterocycles. The molecule has 0 aliphatic rings. The molecule has 0 unspecified atom stereocenters. The molecule has 0 fully saturated rings. The maximum Gasteiger partial charge on any atom is 0.408 e. The Bertz CT molecular complexity index is 867. The molecule has 2 N–H and O–H groups in total. The van der Waals surface area contributed by atoms with Gasteiger partial charge >= 0.3 is 12.1 Å². The second-order valence-electron chi connectivity index (χ2n) is 5.27. The van der Waals surface area contributed by atoms with Gasteiger partial charge in [0.15, 0.2) is 11.5 Å². The molecule has 0 aliphatic carbocycles. The summed E-state index contributed by atoms with van der Waals surface area (Å²) in [6, 6.07) is 12.1. The Hall–Kier alpha value is -3.66. The van der Waals surface area contributed by atoms with Crippen molar-refractivity contribution in [2.45, 2.75) is 6.61 Å². The van der Waals surface area contributed by atoms with Crippen molar-refractivity contribution >= 4 is 12.1 Å². The molecule has 0 heterocycles. The summed E-state index contributed by atoms with van der Waals surface area (Å²) in [6.45, 7) is 0.153. The highest BCUT2D eigenvalue weighted by atomic mass is 16.5. The molecule has 1 amide bonds. The highest BCUT2D eigenvalue weighted by Crippen LogP contribution is 2.30. The van der Waals surface area contributed by atoms with Gasteiger partial charge in [-0.25, -0.2) is 9.59 Å². The third-order valence-electron chi connectivity index (χ3n) is 3.51. The van der Waals surface area contributed by atoms with Gasteiger partial charge in [-0.2, -0.15) is 0 Å². The molecule has 2 aromatic rings. The van der Waals surface area contributed by atoms with Crippen molar-refractivity contribution in [1.29, 1.82) is 0 Å². The van der Waals surface area contributed by atoms with Crippen LogP contribution in [0, 0.1) is 11.8 Å². The number of nitrogens with one attached hydrogen (secondary N) is 1. The molecule has 0 saturated carbocycles. The van der Waals surface area contributed by atoms with Crippen molar-refractivity contribution in [3.05, 3.63) is 59.2 Å². The summed E-state index contributed by atoms with van der Waals surface area (Å²) in [4.78, 5) is 23.1. The van der Waals surface area contributed by atoms with E-state index in [1.165, 1.54) is 26.4 Å². The van der Waals surface area contributed by atoms with E-state index in [1.54, 1.807) is 0 Å². The largest absolute Gasteiger partial charge is 0.493 e. The average Bonchev–Trinajstić information content (AvgIpc) is 2.69. The molecule has 7 nitrogen and oxygen atoms in total. The van der Waals surface area contributed by atoms with Crippen LogP contribution < -0.4 is 14.8 Å². The summed E-state index contributed by atoms with van der Waals surface area (Å²) < 4.78 is 15.3. The summed E-state index contributed by atoms with van der Waals surface area (Å²) in [7, 11) is 2.86. The molecule has 2 rings (SSSR count). The van der Waals surface area contributed by atoms with Crippen LogP contribution in [0.3, 0.4) is 0 Å². The van der Waals surface area contributed by atoms with Gasteiger partial charge < -0.3 is 24.6 Å². The van der Waals surface area contributed by atoms with Crippen LogP contribution in [0.4, 0.5) is 4.79 Å². The summed E-state index contributed by atoms with van der Waals surface area (Å²) >= 11 is 0. The van der Waals surface area contributed by atoms with Gasteiger partial charge in [-0.05, 0) is 11.6 Å². The van der Waals surface area contributed by atoms with Crippen molar-refractivity contribution in [1.82, 2.24) is 5.32 Å². The second-order valence-corrected chi connectivity index (χ2v) is 5.27. The van der Waals surface area contributed by atoms with Gasteiger partial charge in [0.1, 0.15) is 6.61 Å². The first-order valence-electron chi connectivity index (χ1n) is 7.98. The molecule has 0 aromatic heterocycles. The maximum atomic E-state index is 11.7. The molecular formula is C20H19NO6. The van der Waals surface area contributed by atoms with Crippen LogP contribution >= 0.6 is 0 Å². The van der Waals surface area contributed by atoms with Crippen molar-refractivity contribution in [3.8, 4) is 23.3 Å². The Morgan fingerprint density at radius 3 is 2.37 bits per heavy atom. The summed E-state index contributed by atoms with van der Waals surface area (Å²) in [6.07, 6.45) is -0.612. The molecule has 7 heteroatoms. The van der Waals surface area contributed by atoms with Gasteiger partial charge in [-0.15, -0.1) is 0 Å². The third-order valence-corrected chi connectivity index (χ3v) is 3.51. The van der Waals surface area contributed by atoms with Gasteiger partial charge in [0.05, 0.1) is 26.3 Å². The average molecular weight is 369 g/mol. The number of carbonyl (C=O) groups is 2. The molecule has 27 heavy (non-hydrogen) atoms. The topological polar surface area (TPSA) is 94.1 Å². The van der Waals surface area contributed by atoms with Crippen LogP contribution in [0.25, 0.3) is 0 Å². The molecule has 0 spiro atoms. The fourth-order valence-electron chi connectivity index (χ4n) is 2.19. The Morgan fingerprint density at radius 1 is 1.07 bits per heavy atom. The van der Waals surface area contributed by atoms with E-state index < -0.39 is 12.1 Å². The summed E-state index contributed by atoms with van der Waals surface area (Å²) in [5.74, 6) is 4.92. The number of rotatable bonds is 6. The molecular weight excluding hydrogens is 350 g/mol. The lowest BCUT2D eigenvalue weighted by molar-refractivity contribution is 0.0696. The molecule has 0 bridgehead atoms. The predicted molar refractivity (Wildman–Crippen MR) is 98.0 cm³/mol. The van der Waals surface area contributed by atoms with E-state index in [0.29, 0.717) is 11.5 Å². The quantitative estimate of drug-likeness (QED) is 0.761. The standard InChI is InChI=1S/C20H19NO6/c1-25-17-11-15(16(19(22)23)12-18(17)26-2)9-6-10-21-20(24)27-13-14-7-4-3-5-8-14/h3-5,7-8,11-12H,10,13H2,1-2H3,(H,21,24)(H,22,23). The highest BCUT2D eigenvalue weighted by molar-refractivity contribution is 5.92. The Balaban J connectivity index is 1.98. The van der Waals surface area contributed by atoms with Gasteiger partial charge in [-0.1, -0.05) is 42.2 Å². The minimum atomic E-state index is -1.14. The van der Waals surface area contributed by atoms with E-state index in [2.05, 4.69) is 17.2 Å². The number of carbonyl (C=O) groups excluding carboxylic acids is 1. The van der Waals surface area contributed by atoms with E-state index in [-0.39, 0.29) is 24.3 Å². The number of alkyl carbamates (subject to hydrolysis) is 1. The van der Waals surface area contributed by atoms with Crippen LogP contribution in [0.1, 0.15) is 21.5 Å². The first-order chi connectivity index (χ1) is 13.0. The molecule has 0 atom stereocenters. The normalized spacial score (nSPS) is 9.56. The number of carboxylic acids is 1. The van der Waals surface area contributed by atoms with E-state index in [0.717, 1.165) is 5.56 Å². The smallest absolute Gasteiger partial charge is 0.408 e. The number of carboxylic acid groups (broad SMARTS) is 1. The Kier molecular flexibility index (Phi) is 7.08. The maximum absolute atomic E-state index is 11.7. The molecule has 0 radical (unpaired) electrons. The third kappa shape index (κ3) is 5.68. The first kappa shape index (κ1) is 19.7. The van der Waals surface area contributed by atoms with E-state index in [9.17, 15) is 14.7 Å². The fraction of sp³-hybridized carbons (Fsp3) is 0.200. The second kappa shape index (κ2) is 9.73. The van der Waals surface area contributed by atoms with E-state index >= 15 is 0 Å². The SMILES string of the molecule is COc1cc(C#CCNC(=O)OCc2ccccc2)c(C(=O)O)cc1OC. The van der Waals surface area contributed by atoms with Crippen LogP contribution in [0.2, 0.25) is 0 Å². The van der Waals surface area contributed by atoms with Crippen LogP contribution in [-0.2, 0) is 11.3 Å². The zero-order valence-electron chi connectivity index (χ0n) is 14.9. The van der Waals surface area contributed by atoms with Gasteiger partial charge in [0.2, 0.25) is 0 Å². The highest BCUT2D eigenvalue weighted by Gasteiger charge is 2.14. The molecule has 140 valence electrons. The monoisotopic (exact) mass is 369 g/mol. The van der Waals surface area contributed by atoms with E-state index in [1.807, 2.05) is 30.3 Å². The van der Waals surface area contributed by atoms with Gasteiger partial charge in [0.25, 0.3) is 0 Å². The van der Waals surface area contributed by atoms with Crippen LogP contribution in [0.15, 0.2) is 42.5 Å². The summed E-state index contributed by atoms with van der Waals surface area (Å²) in [5.41, 5.74) is 1.10. The van der Waals surface area contributed by atoms with Crippen molar-refractivity contribution in [2.24, 2.45) is 0 Å². The van der Waals surface area contributed by atoms with Crippen molar-refractivity contribution in [3.63, 3.8) is 0 Å². The predicted octanol–water partition coefficient (Wildman–Crippen LogP) is 2.68. The Labute approximate surface area is 156 Å². The number of ether oxygens (including phenoxy) is 3. The van der Waals surface area contributed by atoms with Gasteiger partial charge in [0, 0.05) is 11.6 Å². The van der Waals surface area contributed by atoms with Crippen LogP contribution in [0.5, 0.6) is 11.5 Å². The zero-order valence-corrected chi connectivity index (χ0v) is 14.9. The Morgan fingerprint density at radius 2 is 1.74 bits per heavy atom. The van der Waals surface area contributed by atoms with Crippen molar-refractivity contribution in [2.75, 3.05) is 20.8 Å². The number of hydrogen-bond acceptors (Lipinski definition) is 5. The molecule has 0 saturated heterocycles. The first-order valence-corrected chi connectivity index (χ1v) is 7.98. The lowest BCUT2D eigenvalue weighted by atomic mass is 10.1. The zero-order chi connectivity index (χ0) is 19.6. The number of hydrogen-bond donors (Lipinski definition) is 2. The number of benzene rings is 2. The van der Waals surface area contributed by atoms with E-state index in [4.69, 9.17) is 14.2 Å². The minimum Gasteiger partial charge on any atom is -0.493 e. The number of methoxy groups -OCH3 is 2. The fourth-order valence-corrected chi connectivity index (χ4v) is 2.19. The van der Waals surface area contributed by atoms with Gasteiger partial charge in [-0.3, -0.25) is 0 Å². The minimum absolute atomic E-state index is 0.00102. The summed E-state index contributed by atoms with van der Waals surface area (Å²) in [5, 5.41) is 11.8. The number of amides is 1. The lowest BCUT2D eigenvalue weighted by Gasteiger charge is -2.09. The molecule has 2 aromatic carbocycles. The number of aromatic carboxylic acids is 1.